The maximum atomic E-state index is 12.2. The number of rotatable bonds is 4. The number of hydrogen-bond acceptors (Lipinski definition) is 4. The lowest BCUT2D eigenvalue weighted by Crippen LogP contribution is -2.52. The number of nitrogens with one attached hydrogen (secondary N) is 1. The summed E-state index contributed by atoms with van der Waals surface area (Å²) in [4.78, 5) is 12.2. The zero-order chi connectivity index (χ0) is 14.4. The minimum Gasteiger partial charge on any atom is -0.479 e. The van der Waals surface area contributed by atoms with Crippen molar-refractivity contribution in [2.24, 2.45) is 5.73 Å². The summed E-state index contributed by atoms with van der Waals surface area (Å²) in [5, 5.41) is 11.3. The Kier molecular flexibility index (Phi) is 4.59. The number of benzene rings is 1. The van der Waals surface area contributed by atoms with Crippen LogP contribution in [0.1, 0.15) is 32.1 Å². The van der Waals surface area contributed by atoms with Gasteiger partial charge in [0.2, 0.25) is 5.91 Å². The molecule has 0 unspecified atom stereocenters. The summed E-state index contributed by atoms with van der Waals surface area (Å²) in [7, 11) is 0. The van der Waals surface area contributed by atoms with Crippen molar-refractivity contribution in [1.82, 2.24) is 0 Å². The highest BCUT2D eigenvalue weighted by Gasteiger charge is 2.35. The van der Waals surface area contributed by atoms with Crippen LogP contribution < -0.4 is 15.8 Å². The van der Waals surface area contributed by atoms with Crippen LogP contribution in [0.3, 0.4) is 0 Å². The molecule has 20 heavy (non-hydrogen) atoms. The molecule has 0 bridgehead atoms. The first-order valence-electron chi connectivity index (χ1n) is 6.84. The second-order valence-corrected chi connectivity index (χ2v) is 5.14. The minimum absolute atomic E-state index is 0.0115. The number of carbonyl (C=O) groups excluding carboxylic acids is 1. The lowest BCUT2D eigenvalue weighted by Gasteiger charge is -2.31. The second kappa shape index (κ2) is 6.40. The lowest BCUT2D eigenvalue weighted by molar-refractivity contribution is -0.122. The number of nitrogens with zero attached hydrogens (tertiary/aromatic N) is 1. The molecule has 1 aromatic rings. The first-order chi connectivity index (χ1) is 9.64. The van der Waals surface area contributed by atoms with Crippen LogP contribution in [0.15, 0.2) is 24.3 Å². The summed E-state index contributed by atoms with van der Waals surface area (Å²) in [6.07, 6.45) is 4.64. The van der Waals surface area contributed by atoms with Crippen LogP contribution in [0, 0.1) is 11.3 Å². The largest absolute Gasteiger partial charge is 0.479 e. The Balaban J connectivity index is 1.95. The molecule has 0 aliphatic heterocycles. The Bertz CT molecular complexity index is 499. The van der Waals surface area contributed by atoms with Gasteiger partial charge >= 0.3 is 0 Å². The Labute approximate surface area is 118 Å². The molecule has 0 atom stereocenters. The molecule has 0 aromatic heterocycles. The molecular formula is C15H19N3O2. The average Bonchev–Trinajstić information content (AvgIpc) is 2.47. The molecule has 0 radical (unpaired) electrons. The van der Waals surface area contributed by atoms with Crippen LogP contribution in [-0.4, -0.2) is 18.1 Å². The van der Waals surface area contributed by atoms with Gasteiger partial charge in [0.25, 0.3) is 0 Å². The molecule has 3 N–H and O–H groups in total. The van der Waals surface area contributed by atoms with Crippen molar-refractivity contribution in [3.05, 3.63) is 24.3 Å². The van der Waals surface area contributed by atoms with Crippen molar-refractivity contribution in [3.8, 4) is 11.8 Å². The zero-order valence-corrected chi connectivity index (χ0v) is 11.4. The number of hydrogen-bond donors (Lipinski definition) is 2. The third-order valence-corrected chi connectivity index (χ3v) is 3.61. The van der Waals surface area contributed by atoms with Crippen LogP contribution in [0.2, 0.25) is 0 Å². The highest BCUT2D eigenvalue weighted by atomic mass is 16.5. The minimum atomic E-state index is -0.742. The van der Waals surface area contributed by atoms with Crippen molar-refractivity contribution in [2.45, 2.75) is 37.6 Å². The molecule has 5 nitrogen and oxygen atoms in total. The normalized spacial score (nSPS) is 17.0. The van der Waals surface area contributed by atoms with Crippen LogP contribution in [-0.2, 0) is 4.79 Å². The summed E-state index contributed by atoms with van der Waals surface area (Å²) in [5.74, 6) is 0.479. The number of amides is 1. The zero-order valence-electron chi connectivity index (χ0n) is 11.4. The maximum absolute atomic E-state index is 12.2. The fraction of sp³-hybridized carbons (Fsp3) is 0.467. The number of nitriles is 1. The maximum Gasteiger partial charge on any atom is 0.244 e. The molecular weight excluding hydrogens is 254 g/mol. The molecule has 1 fully saturated rings. The van der Waals surface area contributed by atoms with Gasteiger partial charge in [-0.2, -0.15) is 5.26 Å². The van der Waals surface area contributed by atoms with E-state index in [9.17, 15) is 4.79 Å². The summed E-state index contributed by atoms with van der Waals surface area (Å²) in [5.41, 5.74) is 6.12. The highest BCUT2D eigenvalue weighted by molar-refractivity contribution is 5.98. The van der Waals surface area contributed by atoms with E-state index in [1.165, 1.54) is 0 Å². The molecule has 0 saturated heterocycles. The summed E-state index contributed by atoms with van der Waals surface area (Å²) in [6.45, 7) is 0.0115. The topological polar surface area (TPSA) is 88.1 Å². The SMILES string of the molecule is N#CCOc1ccc(NC(=O)C2(N)CCCCC2)cc1. The van der Waals surface area contributed by atoms with E-state index in [4.69, 9.17) is 15.7 Å². The van der Waals surface area contributed by atoms with E-state index >= 15 is 0 Å². The van der Waals surface area contributed by atoms with Gasteiger partial charge in [-0.3, -0.25) is 4.79 Å². The molecule has 0 heterocycles. The second-order valence-electron chi connectivity index (χ2n) is 5.14. The number of nitrogens with two attached hydrogens (primary N) is 1. The van der Waals surface area contributed by atoms with Crippen LogP contribution in [0.5, 0.6) is 5.75 Å². The molecule has 5 heteroatoms. The highest BCUT2D eigenvalue weighted by Crippen LogP contribution is 2.27. The first kappa shape index (κ1) is 14.4. The molecule has 1 amide bonds. The van der Waals surface area contributed by atoms with Gasteiger partial charge in [-0.15, -0.1) is 0 Å². The quantitative estimate of drug-likeness (QED) is 0.880. The number of anilines is 1. The summed E-state index contributed by atoms with van der Waals surface area (Å²) >= 11 is 0. The van der Waals surface area contributed by atoms with Gasteiger partial charge in [0.05, 0.1) is 5.54 Å². The lowest BCUT2D eigenvalue weighted by atomic mass is 9.82. The smallest absolute Gasteiger partial charge is 0.244 e. The van der Waals surface area contributed by atoms with E-state index in [2.05, 4.69) is 5.32 Å². The fourth-order valence-corrected chi connectivity index (χ4v) is 2.42. The van der Waals surface area contributed by atoms with Gasteiger partial charge in [0, 0.05) is 5.69 Å². The van der Waals surface area contributed by atoms with Crippen molar-refractivity contribution < 1.29 is 9.53 Å². The van der Waals surface area contributed by atoms with E-state index in [-0.39, 0.29) is 12.5 Å². The van der Waals surface area contributed by atoms with Crippen molar-refractivity contribution in [3.63, 3.8) is 0 Å². The number of carbonyl (C=O) groups is 1. The summed E-state index contributed by atoms with van der Waals surface area (Å²) < 4.78 is 5.15. The first-order valence-corrected chi connectivity index (χ1v) is 6.84. The number of ether oxygens (including phenoxy) is 1. The monoisotopic (exact) mass is 273 g/mol. The molecule has 2 rings (SSSR count). The van der Waals surface area contributed by atoms with Gasteiger partial charge < -0.3 is 15.8 Å². The Morgan fingerprint density at radius 1 is 1.30 bits per heavy atom. The van der Waals surface area contributed by atoms with E-state index in [1.54, 1.807) is 24.3 Å². The molecule has 0 spiro atoms. The van der Waals surface area contributed by atoms with E-state index in [0.29, 0.717) is 11.4 Å². The van der Waals surface area contributed by atoms with Crippen LogP contribution in [0.4, 0.5) is 5.69 Å². The Morgan fingerprint density at radius 2 is 1.95 bits per heavy atom. The van der Waals surface area contributed by atoms with E-state index < -0.39 is 5.54 Å². The van der Waals surface area contributed by atoms with E-state index in [1.807, 2.05) is 6.07 Å². The molecule has 1 aliphatic carbocycles. The van der Waals surface area contributed by atoms with Gasteiger partial charge in [-0.25, -0.2) is 0 Å². The predicted octanol–water partition coefficient (Wildman–Crippen LogP) is 2.19. The van der Waals surface area contributed by atoms with Crippen LogP contribution in [0.25, 0.3) is 0 Å². The van der Waals surface area contributed by atoms with Crippen molar-refractivity contribution >= 4 is 11.6 Å². The Morgan fingerprint density at radius 3 is 2.55 bits per heavy atom. The Hall–Kier alpha value is -2.06. The predicted molar refractivity (Wildman–Crippen MR) is 76.2 cm³/mol. The molecule has 1 saturated carbocycles. The van der Waals surface area contributed by atoms with Gasteiger partial charge in [-0.1, -0.05) is 19.3 Å². The van der Waals surface area contributed by atoms with Gasteiger partial charge in [0.15, 0.2) is 6.61 Å². The van der Waals surface area contributed by atoms with E-state index in [0.717, 1.165) is 32.1 Å². The van der Waals surface area contributed by atoms with Crippen molar-refractivity contribution in [1.29, 1.82) is 5.26 Å². The van der Waals surface area contributed by atoms with Crippen molar-refractivity contribution in [2.75, 3.05) is 11.9 Å². The summed E-state index contributed by atoms with van der Waals surface area (Å²) in [6, 6.07) is 8.83. The molecule has 106 valence electrons. The standard InChI is InChI=1S/C15H19N3O2/c16-10-11-20-13-6-4-12(5-7-13)18-14(19)15(17)8-2-1-3-9-15/h4-7H,1-3,8-9,11,17H2,(H,18,19). The fourth-order valence-electron chi connectivity index (χ4n) is 2.42. The van der Waals surface area contributed by atoms with Gasteiger partial charge in [0.1, 0.15) is 11.8 Å². The third kappa shape index (κ3) is 3.49. The average molecular weight is 273 g/mol. The molecule has 1 aromatic carbocycles. The third-order valence-electron chi connectivity index (χ3n) is 3.61. The molecule has 1 aliphatic rings. The van der Waals surface area contributed by atoms with Gasteiger partial charge in [-0.05, 0) is 37.1 Å². The van der Waals surface area contributed by atoms with Crippen LogP contribution >= 0.6 is 0 Å².